The third-order valence-corrected chi connectivity index (χ3v) is 5.71. The summed E-state index contributed by atoms with van der Waals surface area (Å²) in [7, 11) is 0. The molecule has 2 aromatic rings. The average molecular weight is 347 g/mol. The maximum absolute atomic E-state index is 12.3. The van der Waals surface area contributed by atoms with E-state index in [1.54, 1.807) is 0 Å². The third kappa shape index (κ3) is 3.26. The molecule has 1 amide bonds. The second-order valence-corrected chi connectivity index (χ2v) is 7.33. The lowest BCUT2D eigenvalue weighted by Crippen LogP contribution is -2.38. The van der Waals surface area contributed by atoms with E-state index in [4.69, 9.17) is 4.74 Å². The Hall–Kier alpha value is -2.55. The number of benzene rings is 2. The van der Waals surface area contributed by atoms with Gasteiger partial charge in [-0.3, -0.25) is 0 Å². The van der Waals surface area contributed by atoms with Crippen LogP contribution in [0.15, 0.2) is 61.2 Å². The number of carbonyl (C=O) groups is 1. The first-order valence-corrected chi connectivity index (χ1v) is 9.50. The van der Waals surface area contributed by atoms with Crippen LogP contribution in [0.1, 0.15) is 42.7 Å². The Morgan fingerprint density at radius 2 is 1.73 bits per heavy atom. The first kappa shape index (κ1) is 16.9. The van der Waals surface area contributed by atoms with Gasteiger partial charge in [0.25, 0.3) is 0 Å². The van der Waals surface area contributed by atoms with Gasteiger partial charge in [-0.25, -0.2) is 4.79 Å². The fourth-order valence-electron chi connectivity index (χ4n) is 4.38. The number of alkyl carbamates (subject to hydrolysis) is 1. The van der Waals surface area contributed by atoms with E-state index in [0.29, 0.717) is 12.5 Å². The molecule has 3 nitrogen and oxygen atoms in total. The van der Waals surface area contributed by atoms with E-state index in [2.05, 4.69) is 60.4 Å². The maximum Gasteiger partial charge on any atom is 0.407 e. The zero-order valence-electron chi connectivity index (χ0n) is 15.0. The van der Waals surface area contributed by atoms with Crippen molar-refractivity contribution in [1.29, 1.82) is 0 Å². The molecule has 1 saturated carbocycles. The van der Waals surface area contributed by atoms with Gasteiger partial charge >= 0.3 is 6.09 Å². The normalized spacial score (nSPS) is 21.5. The maximum atomic E-state index is 12.3. The molecule has 26 heavy (non-hydrogen) atoms. The fourth-order valence-corrected chi connectivity index (χ4v) is 4.38. The Bertz CT molecular complexity index is 768. The van der Waals surface area contributed by atoms with Crippen LogP contribution in [0.5, 0.6) is 0 Å². The van der Waals surface area contributed by atoms with Gasteiger partial charge in [0, 0.05) is 12.0 Å². The highest BCUT2D eigenvalue weighted by Crippen LogP contribution is 2.44. The van der Waals surface area contributed by atoms with Gasteiger partial charge in [-0.15, -0.1) is 6.58 Å². The number of carbonyl (C=O) groups excluding carboxylic acids is 1. The molecule has 2 aliphatic rings. The van der Waals surface area contributed by atoms with E-state index in [1.165, 1.54) is 28.7 Å². The summed E-state index contributed by atoms with van der Waals surface area (Å²) < 4.78 is 5.64. The lowest BCUT2D eigenvalue weighted by atomic mass is 9.86. The molecule has 2 aromatic carbocycles. The molecule has 0 radical (unpaired) electrons. The SMILES string of the molecule is C=C[C@@H]1CCC[C@@H](NC(=O)OCC2c3ccccc3-c3ccccc32)C1. The quantitative estimate of drug-likeness (QED) is 0.765. The van der Waals surface area contributed by atoms with Crippen molar-refractivity contribution in [3.63, 3.8) is 0 Å². The van der Waals surface area contributed by atoms with Crippen LogP contribution in [0.4, 0.5) is 4.79 Å². The molecule has 0 spiro atoms. The van der Waals surface area contributed by atoms with Crippen molar-refractivity contribution in [3.8, 4) is 11.1 Å². The summed E-state index contributed by atoms with van der Waals surface area (Å²) in [5.41, 5.74) is 4.98. The molecule has 0 unspecified atom stereocenters. The van der Waals surface area contributed by atoms with Crippen molar-refractivity contribution >= 4 is 6.09 Å². The Morgan fingerprint density at radius 1 is 1.08 bits per heavy atom. The fraction of sp³-hybridized carbons (Fsp3) is 0.348. The molecule has 2 atom stereocenters. The standard InChI is InChI=1S/C23H25NO2/c1-2-16-8-7-9-17(14-16)24-23(25)26-15-22-20-12-5-3-10-18(20)19-11-4-6-13-21(19)22/h2-6,10-13,16-17,22H,1,7-9,14-15H2,(H,24,25)/t16-,17-/m1/s1. The number of hydrogen-bond donors (Lipinski definition) is 1. The monoisotopic (exact) mass is 347 g/mol. The second-order valence-electron chi connectivity index (χ2n) is 7.33. The Labute approximate surface area is 155 Å². The first-order chi connectivity index (χ1) is 12.8. The lowest BCUT2D eigenvalue weighted by molar-refractivity contribution is 0.135. The van der Waals surface area contributed by atoms with Crippen LogP contribution >= 0.6 is 0 Å². The highest BCUT2D eigenvalue weighted by atomic mass is 16.5. The predicted octanol–water partition coefficient (Wildman–Crippen LogP) is 5.27. The van der Waals surface area contributed by atoms with Crippen molar-refractivity contribution in [3.05, 3.63) is 72.3 Å². The first-order valence-electron chi connectivity index (χ1n) is 9.50. The number of rotatable bonds is 4. The van der Waals surface area contributed by atoms with E-state index in [1.807, 2.05) is 6.08 Å². The molecule has 1 fully saturated rings. The van der Waals surface area contributed by atoms with Crippen LogP contribution in [0.3, 0.4) is 0 Å². The van der Waals surface area contributed by atoms with Crippen LogP contribution in [-0.2, 0) is 4.74 Å². The smallest absolute Gasteiger partial charge is 0.407 e. The summed E-state index contributed by atoms with van der Waals surface area (Å²) in [6, 6.07) is 17.0. The van der Waals surface area contributed by atoms with Gasteiger partial charge in [-0.05, 0) is 47.4 Å². The van der Waals surface area contributed by atoms with Gasteiger partial charge in [0.15, 0.2) is 0 Å². The Morgan fingerprint density at radius 3 is 2.38 bits per heavy atom. The number of fused-ring (bicyclic) bond motifs is 3. The average Bonchev–Trinajstić information content (AvgIpc) is 3.00. The van der Waals surface area contributed by atoms with Crippen molar-refractivity contribution in [2.45, 2.75) is 37.6 Å². The van der Waals surface area contributed by atoms with Crippen LogP contribution in [0, 0.1) is 5.92 Å². The van der Waals surface area contributed by atoms with Crippen LogP contribution in [0.25, 0.3) is 11.1 Å². The predicted molar refractivity (Wildman–Crippen MR) is 104 cm³/mol. The summed E-state index contributed by atoms with van der Waals surface area (Å²) in [6.07, 6.45) is 5.99. The summed E-state index contributed by atoms with van der Waals surface area (Å²) in [6.45, 7) is 4.26. The molecule has 0 bridgehead atoms. The van der Waals surface area contributed by atoms with E-state index < -0.39 is 0 Å². The van der Waals surface area contributed by atoms with Gasteiger partial charge in [0.2, 0.25) is 0 Å². The molecule has 0 saturated heterocycles. The highest BCUT2D eigenvalue weighted by Gasteiger charge is 2.29. The summed E-state index contributed by atoms with van der Waals surface area (Å²) in [4.78, 5) is 12.3. The zero-order valence-corrected chi connectivity index (χ0v) is 15.0. The summed E-state index contributed by atoms with van der Waals surface area (Å²) in [5.74, 6) is 0.614. The molecule has 1 N–H and O–H groups in total. The van der Waals surface area contributed by atoms with Crippen molar-refractivity contribution in [2.75, 3.05) is 6.61 Å². The third-order valence-electron chi connectivity index (χ3n) is 5.71. The van der Waals surface area contributed by atoms with Gasteiger partial charge in [0.1, 0.15) is 6.61 Å². The highest BCUT2D eigenvalue weighted by molar-refractivity contribution is 5.79. The minimum atomic E-state index is -0.304. The molecule has 134 valence electrons. The largest absolute Gasteiger partial charge is 0.449 e. The van der Waals surface area contributed by atoms with E-state index in [0.717, 1.165) is 19.3 Å². The van der Waals surface area contributed by atoms with E-state index in [-0.39, 0.29) is 18.1 Å². The minimum absolute atomic E-state index is 0.112. The number of hydrogen-bond acceptors (Lipinski definition) is 2. The van der Waals surface area contributed by atoms with Crippen molar-refractivity contribution in [1.82, 2.24) is 5.32 Å². The number of allylic oxidation sites excluding steroid dienone is 1. The van der Waals surface area contributed by atoms with Gasteiger partial charge < -0.3 is 10.1 Å². The topological polar surface area (TPSA) is 38.3 Å². The minimum Gasteiger partial charge on any atom is -0.449 e. The Balaban J connectivity index is 1.42. The number of ether oxygens (including phenoxy) is 1. The van der Waals surface area contributed by atoms with Gasteiger partial charge in [0.05, 0.1) is 0 Å². The van der Waals surface area contributed by atoms with E-state index >= 15 is 0 Å². The van der Waals surface area contributed by atoms with Crippen LogP contribution in [0.2, 0.25) is 0 Å². The van der Waals surface area contributed by atoms with Crippen LogP contribution < -0.4 is 5.32 Å². The molecule has 0 heterocycles. The number of nitrogens with one attached hydrogen (secondary N) is 1. The number of amides is 1. The van der Waals surface area contributed by atoms with Crippen LogP contribution in [-0.4, -0.2) is 18.7 Å². The molecular formula is C23H25NO2. The molecule has 0 aliphatic heterocycles. The van der Waals surface area contributed by atoms with Crippen molar-refractivity contribution < 1.29 is 9.53 Å². The second kappa shape index (κ2) is 7.36. The van der Waals surface area contributed by atoms with Crippen molar-refractivity contribution in [2.24, 2.45) is 5.92 Å². The lowest BCUT2D eigenvalue weighted by Gasteiger charge is -2.27. The van der Waals surface area contributed by atoms with E-state index in [9.17, 15) is 4.79 Å². The van der Waals surface area contributed by atoms with Gasteiger partial charge in [-0.2, -0.15) is 0 Å². The van der Waals surface area contributed by atoms with Gasteiger partial charge in [-0.1, -0.05) is 61.0 Å². The zero-order chi connectivity index (χ0) is 17.9. The Kier molecular flexibility index (Phi) is 4.79. The molecular weight excluding hydrogens is 322 g/mol. The molecule has 3 heteroatoms. The molecule has 4 rings (SSSR count). The summed E-state index contributed by atoms with van der Waals surface area (Å²) in [5, 5.41) is 3.05. The summed E-state index contributed by atoms with van der Waals surface area (Å²) >= 11 is 0. The molecule has 2 aliphatic carbocycles. The molecule has 0 aromatic heterocycles.